The lowest BCUT2D eigenvalue weighted by atomic mass is 10.2. The standard InChI is InChI=1S/C21H15FN2O2/c1-14-2-8-18(9-3-14)24-21(25)16(13-23)12-19-10-11-20(26-19)15-4-6-17(22)7-5-15/h2-12H,1H3,(H,24,25). The van der Waals surface area contributed by atoms with Crippen LogP contribution in [-0.4, -0.2) is 5.91 Å². The van der Waals surface area contributed by atoms with Crippen LogP contribution in [0.3, 0.4) is 0 Å². The Balaban J connectivity index is 1.78. The van der Waals surface area contributed by atoms with Gasteiger partial charge in [-0.25, -0.2) is 4.39 Å². The highest BCUT2D eigenvalue weighted by molar-refractivity contribution is 6.09. The number of nitriles is 1. The predicted octanol–water partition coefficient (Wildman–Crippen LogP) is 4.94. The fraction of sp³-hybridized carbons (Fsp3) is 0.0476. The second kappa shape index (κ2) is 7.49. The van der Waals surface area contributed by atoms with Crippen molar-refractivity contribution in [2.75, 3.05) is 5.32 Å². The third-order valence-electron chi connectivity index (χ3n) is 3.72. The second-order valence-corrected chi connectivity index (χ2v) is 5.70. The van der Waals surface area contributed by atoms with Gasteiger partial charge in [-0.15, -0.1) is 0 Å². The third kappa shape index (κ3) is 4.05. The summed E-state index contributed by atoms with van der Waals surface area (Å²) in [5, 5.41) is 11.9. The van der Waals surface area contributed by atoms with Gasteiger partial charge < -0.3 is 9.73 Å². The van der Waals surface area contributed by atoms with E-state index in [9.17, 15) is 14.4 Å². The van der Waals surface area contributed by atoms with Crippen molar-refractivity contribution < 1.29 is 13.6 Å². The van der Waals surface area contributed by atoms with Crippen LogP contribution in [-0.2, 0) is 4.79 Å². The van der Waals surface area contributed by atoms with Crippen molar-refractivity contribution in [2.24, 2.45) is 0 Å². The number of nitrogens with one attached hydrogen (secondary N) is 1. The molecule has 0 saturated carbocycles. The molecule has 0 fully saturated rings. The molecule has 2 aromatic carbocycles. The Morgan fingerprint density at radius 1 is 1.08 bits per heavy atom. The Bertz CT molecular complexity index is 994. The van der Waals surface area contributed by atoms with Crippen molar-refractivity contribution in [1.82, 2.24) is 0 Å². The molecular formula is C21H15FN2O2. The van der Waals surface area contributed by atoms with Crippen molar-refractivity contribution in [3.05, 3.63) is 83.4 Å². The molecule has 3 aromatic rings. The average Bonchev–Trinajstić information content (AvgIpc) is 3.11. The summed E-state index contributed by atoms with van der Waals surface area (Å²) in [7, 11) is 0. The molecule has 0 aliphatic carbocycles. The summed E-state index contributed by atoms with van der Waals surface area (Å²) in [5.41, 5.74) is 2.30. The van der Waals surface area contributed by atoms with Crippen LogP contribution in [0.5, 0.6) is 0 Å². The Morgan fingerprint density at radius 3 is 2.42 bits per heavy atom. The van der Waals surface area contributed by atoms with Gasteiger partial charge in [0.05, 0.1) is 0 Å². The molecule has 3 rings (SSSR count). The molecule has 0 saturated heterocycles. The number of hydrogen-bond donors (Lipinski definition) is 1. The van der Waals surface area contributed by atoms with E-state index in [1.165, 1.54) is 18.2 Å². The topological polar surface area (TPSA) is 66.0 Å². The Hall–Kier alpha value is -3.65. The zero-order valence-corrected chi connectivity index (χ0v) is 14.0. The molecule has 1 amide bonds. The lowest BCUT2D eigenvalue weighted by Gasteiger charge is -2.04. The van der Waals surface area contributed by atoms with Gasteiger partial charge >= 0.3 is 0 Å². The SMILES string of the molecule is Cc1ccc(NC(=O)C(C#N)=Cc2ccc(-c3ccc(F)cc3)o2)cc1. The van der Waals surface area contributed by atoms with Gasteiger partial charge in [0, 0.05) is 17.3 Å². The van der Waals surface area contributed by atoms with Gasteiger partial charge in [0.15, 0.2) is 0 Å². The smallest absolute Gasteiger partial charge is 0.266 e. The van der Waals surface area contributed by atoms with Gasteiger partial charge in [-0.3, -0.25) is 4.79 Å². The molecule has 4 nitrogen and oxygen atoms in total. The molecule has 5 heteroatoms. The van der Waals surface area contributed by atoms with Crippen LogP contribution in [0.15, 0.2) is 70.7 Å². The van der Waals surface area contributed by atoms with Crippen molar-refractivity contribution in [2.45, 2.75) is 6.92 Å². The lowest BCUT2D eigenvalue weighted by Crippen LogP contribution is -2.13. The third-order valence-corrected chi connectivity index (χ3v) is 3.72. The van der Waals surface area contributed by atoms with Crippen LogP contribution in [0.1, 0.15) is 11.3 Å². The molecule has 128 valence electrons. The molecule has 1 aromatic heterocycles. The molecule has 26 heavy (non-hydrogen) atoms. The van der Waals surface area contributed by atoms with Crippen LogP contribution >= 0.6 is 0 Å². The zero-order chi connectivity index (χ0) is 18.5. The van der Waals surface area contributed by atoms with E-state index < -0.39 is 5.91 Å². The van der Waals surface area contributed by atoms with Crippen LogP contribution in [0, 0.1) is 24.1 Å². The van der Waals surface area contributed by atoms with Crippen LogP contribution in [0.25, 0.3) is 17.4 Å². The summed E-state index contributed by atoms with van der Waals surface area (Å²) in [6, 6.07) is 18.4. The first-order valence-corrected chi connectivity index (χ1v) is 7.91. The number of amides is 1. The first-order chi connectivity index (χ1) is 12.5. The number of carbonyl (C=O) groups excluding carboxylic acids is 1. The highest BCUT2D eigenvalue weighted by Crippen LogP contribution is 2.24. The van der Waals surface area contributed by atoms with E-state index in [1.54, 1.807) is 36.4 Å². The van der Waals surface area contributed by atoms with E-state index in [1.807, 2.05) is 25.1 Å². The molecule has 0 atom stereocenters. The van der Waals surface area contributed by atoms with Crippen LogP contribution < -0.4 is 5.32 Å². The molecule has 0 radical (unpaired) electrons. The van der Waals surface area contributed by atoms with Crippen LogP contribution in [0.2, 0.25) is 0 Å². The van der Waals surface area contributed by atoms with Gasteiger partial charge in [-0.05, 0) is 55.5 Å². The summed E-state index contributed by atoms with van der Waals surface area (Å²) in [6.45, 7) is 1.95. The minimum absolute atomic E-state index is 0.0782. The van der Waals surface area contributed by atoms with Gasteiger partial charge in [0.2, 0.25) is 0 Å². The second-order valence-electron chi connectivity index (χ2n) is 5.70. The number of aryl methyl sites for hydroxylation is 1. The summed E-state index contributed by atoms with van der Waals surface area (Å²) in [5.74, 6) is 0.0310. The number of anilines is 1. The van der Waals surface area contributed by atoms with E-state index in [2.05, 4.69) is 5.32 Å². The number of rotatable bonds is 4. The van der Waals surface area contributed by atoms with Crippen molar-refractivity contribution in [1.29, 1.82) is 5.26 Å². The molecular weight excluding hydrogens is 331 g/mol. The summed E-state index contributed by atoms with van der Waals surface area (Å²) < 4.78 is 18.6. The van der Waals surface area contributed by atoms with E-state index in [-0.39, 0.29) is 11.4 Å². The first-order valence-electron chi connectivity index (χ1n) is 7.91. The molecule has 0 spiro atoms. The highest BCUT2D eigenvalue weighted by atomic mass is 19.1. The van der Waals surface area contributed by atoms with E-state index in [0.717, 1.165) is 5.56 Å². The maximum Gasteiger partial charge on any atom is 0.266 e. The molecule has 0 aliphatic heterocycles. The van der Waals surface area contributed by atoms with E-state index in [4.69, 9.17) is 4.42 Å². The number of nitrogens with zero attached hydrogens (tertiary/aromatic N) is 1. The minimum Gasteiger partial charge on any atom is -0.457 e. The van der Waals surface area contributed by atoms with Gasteiger partial charge in [-0.1, -0.05) is 17.7 Å². The zero-order valence-electron chi connectivity index (χ0n) is 14.0. The molecule has 1 N–H and O–H groups in total. The predicted molar refractivity (Wildman–Crippen MR) is 97.5 cm³/mol. The van der Waals surface area contributed by atoms with E-state index in [0.29, 0.717) is 22.8 Å². The highest BCUT2D eigenvalue weighted by Gasteiger charge is 2.11. The molecule has 1 heterocycles. The largest absolute Gasteiger partial charge is 0.457 e. The quantitative estimate of drug-likeness (QED) is 0.537. The maximum atomic E-state index is 13.0. The summed E-state index contributed by atoms with van der Waals surface area (Å²) >= 11 is 0. The number of furan rings is 1. The van der Waals surface area contributed by atoms with Crippen molar-refractivity contribution in [3.63, 3.8) is 0 Å². The Labute approximate surface area is 150 Å². The number of halogens is 1. The monoisotopic (exact) mass is 346 g/mol. The van der Waals surface area contributed by atoms with E-state index >= 15 is 0 Å². The number of carbonyl (C=O) groups is 1. The fourth-order valence-corrected chi connectivity index (χ4v) is 2.33. The van der Waals surface area contributed by atoms with Gasteiger partial charge in [0.25, 0.3) is 5.91 Å². The summed E-state index contributed by atoms with van der Waals surface area (Å²) in [6.07, 6.45) is 1.37. The number of hydrogen-bond acceptors (Lipinski definition) is 3. The first kappa shape index (κ1) is 17.2. The average molecular weight is 346 g/mol. The Morgan fingerprint density at radius 2 is 1.77 bits per heavy atom. The minimum atomic E-state index is -0.518. The number of benzene rings is 2. The maximum absolute atomic E-state index is 13.0. The normalized spacial score (nSPS) is 11.0. The van der Waals surface area contributed by atoms with Crippen molar-refractivity contribution >= 4 is 17.7 Å². The summed E-state index contributed by atoms with van der Waals surface area (Å²) in [4.78, 5) is 12.3. The molecule has 0 unspecified atom stereocenters. The molecule has 0 bridgehead atoms. The van der Waals surface area contributed by atoms with Crippen LogP contribution in [0.4, 0.5) is 10.1 Å². The lowest BCUT2D eigenvalue weighted by molar-refractivity contribution is -0.112. The van der Waals surface area contributed by atoms with Gasteiger partial charge in [0.1, 0.15) is 29.0 Å². The van der Waals surface area contributed by atoms with Crippen molar-refractivity contribution in [3.8, 4) is 17.4 Å². The fourth-order valence-electron chi connectivity index (χ4n) is 2.33. The van der Waals surface area contributed by atoms with Gasteiger partial charge in [-0.2, -0.15) is 5.26 Å². The Kier molecular flexibility index (Phi) is 4.95. The molecule has 0 aliphatic rings.